The standard InChI is InChI=1S/C72H140O6/c1-4-7-10-13-16-18-20-22-24-26-28-29-30-31-32-33-34-35-36-37-38-39-40-41-42-43-44-46-47-49-51-53-56-59-62-65-71(74)77-68-69(67-76-70(73)64-61-58-55-15-12-9-6-3)78-72(75)66-63-60-57-54-52-50-48-45-27-25-23-21-19-17-14-11-8-5-2/h69H,4-68H2,1-3H3. The number of esters is 3. The Morgan fingerprint density at radius 2 is 0.346 bits per heavy atom. The van der Waals surface area contributed by atoms with Crippen LogP contribution in [0.4, 0.5) is 0 Å². The molecule has 0 rings (SSSR count). The van der Waals surface area contributed by atoms with Crippen molar-refractivity contribution < 1.29 is 28.6 Å². The van der Waals surface area contributed by atoms with E-state index in [-0.39, 0.29) is 31.1 Å². The number of hydrogen-bond acceptors (Lipinski definition) is 6. The first-order chi connectivity index (χ1) is 38.5. The highest BCUT2D eigenvalue weighted by atomic mass is 16.6. The predicted octanol–water partition coefficient (Wildman–Crippen LogP) is 24.6. The van der Waals surface area contributed by atoms with Crippen LogP contribution in [0.5, 0.6) is 0 Å². The van der Waals surface area contributed by atoms with Gasteiger partial charge in [0.25, 0.3) is 0 Å². The van der Waals surface area contributed by atoms with Gasteiger partial charge in [0.2, 0.25) is 0 Å². The van der Waals surface area contributed by atoms with Crippen LogP contribution >= 0.6 is 0 Å². The maximum atomic E-state index is 12.9. The van der Waals surface area contributed by atoms with E-state index in [0.717, 1.165) is 57.8 Å². The third-order valence-electron chi connectivity index (χ3n) is 16.9. The number of carbonyl (C=O) groups excluding carboxylic acids is 3. The summed E-state index contributed by atoms with van der Waals surface area (Å²) in [6.07, 6.45) is 80.5. The van der Waals surface area contributed by atoms with Crippen molar-refractivity contribution in [2.24, 2.45) is 0 Å². The molecule has 0 saturated carbocycles. The summed E-state index contributed by atoms with van der Waals surface area (Å²) in [7, 11) is 0. The van der Waals surface area contributed by atoms with Gasteiger partial charge in [0.15, 0.2) is 6.10 Å². The first kappa shape index (κ1) is 76.4. The summed E-state index contributed by atoms with van der Waals surface area (Å²) in [5.41, 5.74) is 0. The van der Waals surface area contributed by atoms with E-state index in [0.29, 0.717) is 19.3 Å². The summed E-state index contributed by atoms with van der Waals surface area (Å²) in [5.74, 6) is -0.835. The van der Waals surface area contributed by atoms with E-state index in [4.69, 9.17) is 14.2 Å². The lowest BCUT2D eigenvalue weighted by atomic mass is 10.0. The maximum Gasteiger partial charge on any atom is 0.306 e. The summed E-state index contributed by atoms with van der Waals surface area (Å²) in [6.45, 7) is 6.69. The second-order valence-electron chi connectivity index (χ2n) is 24.9. The summed E-state index contributed by atoms with van der Waals surface area (Å²) >= 11 is 0. The summed E-state index contributed by atoms with van der Waals surface area (Å²) in [4.78, 5) is 38.1. The highest BCUT2D eigenvalue weighted by Crippen LogP contribution is 2.20. The summed E-state index contributed by atoms with van der Waals surface area (Å²) in [5, 5.41) is 0. The molecule has 0 fully saturated rings. The fourth-order valence-electron chi connectivity index (χ4n) is 11.5. The SMILES string of the molecule is CCCCCCCCCCCCCCCCCCCCCCCCCCCCCCCCCCCCCC(=O)OCC(COC(=O)CCCCCCCCC)OC(=O)CCCCCCCCCCCCCCCCCCCC. The lowest BCUT2D eigenvalue weighted by Crippen LogP contribution is -2.30. The largest absolute Gasteiger partial charge is 0.462 e. The number of carbonyl (C=O) groups is 3. The van der Waals surface area contributed by atoms with Gasteiger partial charge in [-0.05, 0) is 19.3 Å². The van der Waals surface area contributed by atoms with Gasteiger partial charge in [0, 0.05) is 19.3 Å². The molecule has 0 heterocycles. The van der Waals surface area contributed by atoms with Gasteiger partial charge in [0.05, 0.1) is 0 Å². The van der Waals surface area contributed by atoms with Crippen LogP contribution in [-0.4, -0.2) is 37.2 Å². The van der Waals surface area contributed by atoms with Crippen LogP contribution < -0.4 is 0 Å². The zero-order chi connectivity index (χ0) is 56.4. The normalized spacial score (nSPS) is 11.9. The van der Waals surface area contributed by atoms with E-state index in [1.54, 1.807) is 0 Å². The molecule has 0 aromatic rings. The molecule has 6 heteroatoms. The summed E-state index contributed by atoms with van der Waals surface area (Å²) < 4.78 is 16.9. The molecule has 0 aromatic heterocycles. The lowest BCUT2D eigenvalue weighted by Gasteiger charge is -2.18. The highest BCUT2D eigenvalue weighted by Gasteiger charge is 2.20. The van der Waals surface area contributed by atoms with Crippen LogP contribution in [0.25, 0.3) is 0 Å². The molecule has 0 radical (unpaired) electrons. The summed E-state index contributed by atoms with van der Waals surface area (Å²) in [6, 6.07) is 0. The van der Waals surface area contributed by atoms with Crippen LogP contribution in [-0.2, 0) is 28.6 Å². The number of hydrogen-bond donors (Lipinski definition) is 0. The number of unbranched alkanes of at least 4 members (excludes halogenated alkanes) is 57. The molecule has 0 aliphatic heterocycles. The monoisotopic (exact) mass is 1100 g/mol. The van der Waals surface area contributed by atoms with Gasteiger partial charge in [-0.2, -0.15) is 0 Å². The van der Waals surface area contributed by atoms with Crippen molar-refractivity contribution in [1.82, 2.24) is 0 Å². The van der Waals surface area contributed by atoms with Crippen molar-refractivity contribution in [2.75, 3.05) is 13.2 Å². The minimum atomic E-state index is -0.761. The minimum absolute atomic E-state index is 0.0614. The van der Waals surface area contributed by atoms with E-state index in [9.17, 15) is 14.4 Å². The van der Waals surface area contributed by atoms with Gasteiger partial charge in [-0.25, -0.2) is 0 Å². The van der Waals surface area contributed by atoms with E-state index < -0.39 is 6.10 Å². The third kappa shape index (κ3) is 65.2. The Labute approximate surface area is 488 Å². The zero-order valence-electron chi connectivity index (χ0n) is 53.5. The Morgan fingerprint density at radius 1 is 0.205 bits per heavy atom. The molecule has 0 bridgehead atoms. The molecule has 78 heavy (non-hydrogen) atoms. The topological polar surface area (TPSA) is 78.9 Å². The van der Waals surface area contributed by atoms with E-state index in [2.05, 4.69) is 20.8 Å². The van der Waals surface area contributed by atoms with Gasteiger partial charge in [-0.3, -0.25) is 14.4 Å². The fourth-order valence-corrected chi connectivity index (χ4v) is 11.5. The van der Waals surface area contributed by atoms with Gasteiger partial charge >= 0.3 is 17.9 Å². The van der Waals surface area contributed by atoms with Crippen molar-refractivity contribution in [1.29, 1.82) is 0 Å². The predicted molar refractivity (Wildman–Crippen MR) is 340 cm³/mol. The molecular weight excluding hydrogens is 961 g/mol. The van der Waals surface area contributed by atoms with Crippen molar-refractivity contribution >= 4 is 17.9 Å². The molecule has 464 valence electrons. The average Bonchev–Trinajstić information content (AvgIpc) is 3.44. The first-order valence-electron chi connectivity index (χ1n) is 36.0. The quantitative estimate of drug-likeness (QED) is 0.0343. The van der Waals surface area contributed by atoms with E-state index >= 15 is 0 Å². The molecule has 0 aliphatic carbocycles. The molecule has 6 nitrogen and oxygen atoms in total. The Bertz CT molecular complexity index is 1170. The molecule has 0 saturated heterocycles. The second-order valence-corrected chi connectivity index (χ2v) is 24.9. The van der Waals surface area contributed by atoms with Gasteiger partial charge in [-0.1, -0.05) is 387 Å². The van der Waals surface area contributed by atoms with Crippen LogP contribution in [0.15, 0.2) is 0 Å². The number of rotatable bonds is 68. The molecule has 1 atom stereocenters. The minimum Gasteiger partial charge on any atom is -0.462 e. The molecule has 0 spiro atoms. The van der Waals surface area contributed by atoms with Crippen LogP contribution in [0.1, 0.15) is 425 Å². The fraction of sp³-hybridized carbons (Fsp3) is 0.958. The lowest BCUT2D eigenvalue weighted by molar-refractivity contribution is -0.167. The van der Waals surface area contributed by atoms with Crippen LogP contribution in [0, 0.1) is 0 Å². The molecule has 0 aromatic carbocycles. The van der Waals surface area contributed by atoms with Gasteiger partial charge in [-0.15, -0.1) is 0 Å². The van der Waals surface area contributed by atoms with Gasteiger partial charge < -0.3 is 14.2 Å². The molecule has 0 aliphatic rings. The molecule has 1 unspecified atom stereocenters. The third-order valence-corrected chi connectivity index (χ3v) is 16.9. The zero-order valence-corrected chi connectivity index (χ0v) is 53.5. The first-order valence-corrected chi connectivity index (χ1v) is 36.0. The van der Waals surface area contributed by atoms with Gasteiger partial charge in [0.1, 0.15) is 13.2 Å². The number of ether oxygens (including phenoxy) is 3. The Kier molecular flexibility index (Phi) is 66.5. The van der Waals surface area contributed by atoms with Crippen molar-refractivity contribution in [3.05, 3.63) is 0 Å². The van der Waals surface area contributed by atoms with E-state index in [1.165, 1.54) is 327 Å². The maximum absolute atomic E-state index is 12.9. The smallest absolute Gasteiger partial charge is 0.306 e. The Morgan fingerprint density at radius 3 is 0.513 bits per heavy atom. The van der Waals surface area contributed by atoms with Crippen molar-refractivity contribution in [2.45, 2.75) is 431 Å². The molecular formula is C72H140O6. The molecule has 0 N–H and O–H groups in total. The van der Waals surface area contributed by atoms with Crippen LogP contribution in [0.2, 0.25) is 0 Å². The Balaban J connectivity index is 3.88. The Hall–Kier alpha value is -1.59. The van der Waals surface area contributed by atoms with Crippen LogP contribution in [0.3, 0.4) is 0 Å². The highest BCUT2D eigenvalue weighted by molar-refractivity contribution is 5.71. The van der Waals surface area contributed by atoms with Crippen molar-refractivity contribution in [3.8, 4) is 0 Å². The van der Waals surface area contributed by atoms with E-state index in [1.807, 2.05) is 0 Å². The average molecular weight is 1100 g/mol. The molecule has 0 amide bonds. The van der Waals surface area contributed by atoms with Crippen molar-refractivity contribution in [3.63, 3.8) is 0 Å². The second kappa shape index (κ2) is 67.9.